The SMILES string of the molecule is Cc1cccc2oc(CCNC(=O)C(C)(N)c3ccccc3)nc12.Cl. The van der Waals surface area contributed by atoms with E-state index in [1.807, 2.05) is 55.5 Å². The summed E-state index contributed by atoms with van der Waals surface area (Å²) in [5.74, 6) is 0.388. The Morgan fingerprint density at radius 2 is 1.92 bits per heavy atom. The van der Waals surface area contributed by atoms with Crippen LogP contribution in [0.15, 0.2) is 52.9 Å². The Morgan fingerprint density at radius 3 is 2.60 bits per heavy atom. The Bertz CT molecular complexity index is 859. The van der Waals surface area contributed by atoms with Crippen LogP contribution in [0, 0.1) is 6.92 Å². The van der Waals surface area contributed by atoms with Crippen molar-refractivity contribution in [2.24, 2.45) is 5.73 Å². The van der Waals surface area contributed by atoms with Gasteiger partial charge in [-0.2, -0.15) is 0 Å². The molecular formula is C19H22ClN3O2. The lowest BCUT2D eigenvalue weighted by Gasteiger charge is -2.23. The van der Waals surface area contributed by atoms with Crippen molar-refractivity contribution in [2.75, 3.05) is 6.54 Å². The second-order valence-corrected chi connectivity index (χ2v) is 6.10. The first kappa shape index (κ1) is 19.0. The number of nitrogens with two attached hydrogens (primary N) is 1. The van der Waals surface area contributed by atoms with E-state index in [0.717, 1.165) is 22.2 Å². The Hall–Kier alpha value is -2.37. The molecule has 0 aliphatic heterocycles. The Labute approximate surface area is 153 Å². The molecule has 0 fully saturated rings. The largest absolute Gasteiger partial charge is 0.441 e. The highest BCUT2D eigenvalue weighted by atomic mass is 35.5. The third-order valence-corrected chi connectivity index (χ3v) is 4.13. The second-order valence-electron chi connectivity index (χ2n) is 6.10. The Kier molecular flexibility index (Phi) is 5.82. The summed E-state index contributed by atoms with van der Waals surface area (Å²) in [5.41, 5.74) is 8.61. The summed E-state index contributed by atoms with van der Waals surface area (Å²) in [6.07, 6.45) is 0.519. The molecule has 1 atom stereocenters. The molecular weight excluding hydrogens is 338 g/mol. The average molecular weight is 360 g/mol. The van der Waals surface area contributed by atoms with Gasteiger partial charge < -0.3 is 15.5 Å². The molecule has 3 N–H and O–H groups in total. The summed E-state index contributed by atoms with van der Waals surface area (Å²) in [6, 6.07) is 15.2. The van der Waals surface area contributed by atoms with Crippen LogP contribution in [0.2, 0.25) is 0 Å². The van der Waals surface area contributed by atoms with Crippen molar-refractivity contribution in [3.05, 3.63) is 65.5 Å². The van der Waals surface area contributed by atoms with E-state index < -0.39 is 5.54 Å². The zero-order chi connectivity index (χ0) is 17.2. The van der Waals surface area contributed by atoms with Gasteiger partial charge in [-0.15, -0.1) is 12.4 Å². The van der Waals surface area contributed by atoms with Gasteiger partial charge >= 0.3 is 0 Å². The standard InChI is InChI=1S/C19H21N3O2.ClH/c1-13-7-6-10-15-17(13)22-16(24-15)11-12-21-18(23)19(2,20)14-8-4-3-5-9-14;/h3-10H,11-12,20H2,1-2H3,(H,21,23);1H. The van der Waals surface area contributed by atoms with Crippen LogP contribution in [0.25, 0.3) is 11.1 Å². The van der Waals surface area contributed by atoms with Gasteiger partial charge in [-0.1, -0.05) is 42.5 Å². The highest BCUT2D eigenvalue weighted by Crippen LogP contribution is 2.19. The van der Waals surface area contributed by atoms with E-state index in [1.54, 1.807) is 6.92 Å². The molecule has 0 saturated heterocycles. The highest BCUT2D eigenvalue weighted by molar-refractivity contribution is 5.87. The highest BCUT2D eigenvalue weighted by Gasteiger charge is 2.29. The molecule has 3 rings (SSSR count). The third-order valence-electron chi connectivity index (χ3n) is 4.13. The number of oxazole rings is 1. The smallest absolute Gasteiger partial charge is 0.244 e. The number of aromatic nitrogens is 1. The number of hydrogen-bond acceptors (Lipinski definition) is 4. The lowest BCUT2D eigenvalue weighted by molar-refractivity contribution is -0.126. The molecule has 25 heavy (non-hydrogen) atoms. The van der Waals surface area contributed by atoms with Crippen LogP contribution in [0.3, 0.4) is 0 Å². The first-order chi connectivity index (χ1) is 11.5. The quantitative estimate of drug-likeness (QED) is 0.733. The number of rotatable bonds is 5. The summed E-state index contributed by atoms with van der Waals surface area (Å²) in [4.78, 5) is 16.9. The van der Waals surface area contributed by atoms with Gasteiger partial charge in [0.1, 0.15) is 11.1 Å². The molecule has 6 heteroatoms. The summed E-state index contributed by atoms with van der Waals surface area (Å²) in [5, 5.41) is 2.86. The maximum Gasteiger partial charge on any atom is 0.244 e. The zero-order valence-electron chi connectivity index (χ0n) is 14.3. The van der Waals surface area contributed by atoms with Crippen LogP contribution in [-0.2, 0) is 16.8 Å². The fraction of sp³-hybridized carbons (Fsp3) is 0.263. The fourth-order valence-corrected chi connectivity index (χ4v) is 2.62. The lowest BCUT2D eigenvalue weighted by Crippen LogP contribution is -2.49. The maximum atomic E-state index is 12.4. The molecule has 132 valence electrons. The summed E-state index contributed by atoms with van der Waals surface area (Å²) >= 11 is 0. The number of aryl methyl sites for hydroxylation is 1. The van der Waals surface area contributed by atoms with Gasteiger partial charge in [0.15, 0.2) is 11.5 Å². The van der Waals surface area contributed by atoms with E-state index in [-0.39, 0.29) is 18.3 Å². The first-order valence-corrected chi connectivity index (χ1v) is 7.96. The van der Waals surface area contributed by atoms with E-state index in [2.05, 4.69) is 10.3 Å². The minimum atomic E-state index is -1.07. The van der Waals surface area contributed by atoms with Crippen LogP contribution >= 0.6 is 12.4 Å². The number of para-hydroxylation sites is 1. The maximum absolute atomic E-state index is 12.4. The monoisotopic (exact) mass is 359 g/mol. The van der Waals surface area contributed by atoms with Gasteiger partial charge in [-0.05, 0) is 31.0 Å². The van der Waals surface area contributed by atoms with Crippen LogP contribution in [0.5, 0.6) is 0 Å². The molecule has 5 nitrogen and oxygen atoms in total. The lowest BCUT2D eigenvalue weighted by atomic mass is 9.92. The number of hydrogen-bond donors (Lipinski definition) is 2. The molecule has 0 radical (unpaired) electrons. The van der Waals surface area contributed by atoms with Crippen molar-refractivity contribution in [1.29, 1.82) is 0 Å². The number of fused-ring (bicyclic) bond motifs is 1. The van der Waals surface area contributed by atoms with Gasteiger partial charge in [-0.25, -0.2) is 4.98 Å². The zero-order valence-corrected chi connectivity index (χ0v) is 15.1. The van der Waals surface area contributed by atoms with E-state index in [1.165, 1.54) is 0 Å². The fourth-order valence-electron chi connectivity index (χ4n) is 2.62. The van der Waals surface area contributed by atoms with Gasteiger partial charge in [0.2, 0.25) is 5.91 Å². The van der Waals surface area contributed by atoms with Crippen LogP contribution in [0.1, 0.15) is 23.9 Å². The van der Waals surface area contributed by atoms with E-state index >= 15 is 0 Å². The summed E-state index contributed by atoms with van der Waals surface area (Å²) < 4.78 is 5.71. The third kappa shape index (κ3) is 4.00. The van der Waals surface area contributed by atoms with E-state index in [0.29, 0.717) is 18.9 Å². The van der Waals surface area contributed by atoms with Crippen molar-refractivity contribution < 1.29 is 9.21 Å². The molecule has 0 aliphatic rings. The number of carbonyl (C=O) groups is 1. The minimum absolute atomic E-state index is 0. The Balaban J connectivity index is 0.00000225. The van der Waals surface area contributed by atoms with Crippen molar-refractivity contribution in [3.8, 4) is 0 Å². The summed E-state index contributed by atoms with van der Waals surface area (Å²) in [6.45, 7) is 4.13. The van der Waals surface area contributed by atoms with Gasteiger partial charge in [0.25, 0.3) is 0 Å². The number of halogens is 1. The number of nitrogens with one attached hydrogen (secondary N) is 1. The number of amides is 1. The molecule has 0 aliphatic carbocycles. The Morgan fingerprint density at radius 1 is 1.20 bits per heavy atom. The number of nitrogens with zero attached hydrogens (tertiary/aromatic N) is 1. The van der Waals surface area contributed by atoms with Gasteiger partial charge in [0, 0.05) is 13.0 Å². The van der Waals surface area contributed by atoms with Crippen molar-refractivity contribution in [1.82, 2.24) is 10.3 Å². The number of carbonyl (C=O) groups excluding carboxylic acids is 1. The van der Waals surface area contributed by atoms with Crippen LogP contribution in [0.4, 0.5) is 0 Å². The molecule has 2 aromatic carbocycles. The molecule has 0 bridgehead atoms. The van der Waals surface area contributed by atoms with Gasteiger partial charge in [-0.3, -0.25) is 4.79 Å². The topological polar surface area (TPSA) is 81.2 Å². The van der Waals surface area contributed by atoms with Crippen molar-refractivity contribution >= 4 is 29.4 Å². The first-order valence-electron chi connectivity index (χ1n) is 7.96. The van der Waals surface area contributed by atoms with Crippen molar-refractivity contribution in [2.45, 2.75) is 25.8 Å². The normalized spacial score (nSPS) is 13.1. The molecule has 1 unspecified atom stereocenters. The van der Waals surface area contributed by atoms with E-state index in [9.17, 15) is 4.79 Å². The van der Waals surface area contributed by atoms with E-state index in [4.69, 9.17) is 10.2 Å². The molecule has 1 aromatic heterocycles. The molecule has 1 heterocycles. The second kappa shape index (κ2) is 7.68. The molecule has 0 spiro atoms. The summed E-state index contributed by atoms with van der Waals surface area (Å²) in [7, 11) is 0. The molecule has 3 aromatic rings. The minimum Gasteiger partial charge on any atom is -0.441 e. The molecule has 0 saturated carbocycles. The predicted molar refractivity (Wildman–Crippen MR) is 101 cm³/mol. The molecule has 1 amide bonds. The van der Waals surface area contributed by atoms with Crippen LogP contribution < -0.4 is 11.1 Å². The number of benzene rings is 2. The van der Waals surface area contributed by atoms with Crippen LogP contribution in [-0.4, -0.2) is 17.4 Å². The van der Waals surface area contributed by atoms with Crippen molar-refractivity contribution in [3.63, 3.8) is 0 Å². The average Bonchev–Trinajstić information content (AvgIpc) is 3.00. The van der Waals surface area contributed by atoms with Gasteiger partial charge in [0.05, 0.1) is 0 Å². The predicted octanol–water partition coefficient (Wildman–Crippen LogP) is 3.09.